The van der Waals surface area contributed by atoms with E-state index in [2.05, 4.69) is 5.32 Å². The average Bonchev–Trinajstić information content (AvgIpc) is 3.38. The minimum Gasteiger partial charge on any atom is -0.497 e. The molecule has 0 aliphatic carbocycles. The largest absolute Gasteiger partial charge is 0.497 e. The quantitative estimate of drug-likeness (QED) is 0.582. The Kier molecular flexibility index (Phi) is 5.54. The topological polar surface area (TPSA) is 67.9 Å². The number of hydrogen-bond donors (Lipinski definition) is 1. The van der Waals surface area contributed by atoms with Crippen LogP contribution >= 0.6 is 11.3 Å². The summed E-state index contributed by atoms with van der Waals surface area (Å²) < 4.78 is 10.6. The number of hydrogen-bond acceptors (Lipinski definition) is 6. The number of carbonyl (C=O) groups excluding carboxylic acids is 2. The molecule has 1 N–H and O–H groups in total. The number of imide groups is 1. The first kappa shape index (κ1) is 19.7. The van der Waals surface area contributed by atoms with Crippen molar-refractivity contribution < 1.29 is 19.1 Å². The van der Waals surface area contributed by atoms with E-state index in [9.17, 15) is 9.59 Å². The second-order valence-electron chi connectivity index (χ2n) is 6.59. The van der Waals surface area contributed by atoms with Crippen LogP contribution in [0.3, 0.4) is 0 Å². The van der Waals surface area contributed by atoms with Crippen LogP contribution in [0.15, 0.2) is 71.7 Å². The van der Waals surface area contributed by atoms with E-state index >= 15 is 0 Å². The van der Waals surface area contributed by atoms with Crippen molar-refractivity contribution in [1.29, 1.82) is 0 Å². The van der Waals surface area contributed by atoms with E-state index in [4.69, 9.17) is 9.47 Å². The fourth-order valence-corrected chi connectivity index (χ4v) is 4.08. The molecule has 0 saturated heterocycles. The maximum absolute atomic E-state index is 13.3. The number of thiophene rings is 1. The maximum Gasteiger partial charge on any atom is 0.278 e. The fourth-order valence-electron chi connectivity index (χ4n) is 3.31. The number of nitrogens with zero attached hydrogens (tertiary/aromatic N) is 1. The van der Waals surface area contributed by atoms with Crippen molar-refractivity contribution in [3.8, 4) is 11.5 Å². The summed E-state index contributed by atoms with van der Waals surface area (Å²) in [5, 5.41) is 5.03. The van der Waals surface area contributed by atoms with Gasteiger partial charge in [-0.1, -0.05) is 24.3 Å². The van der Waals surface area contributed by atoms with Crippen molar-refractivity contribution in [3.05, 3.63) is 82.2 Å². The third kappa shape index (κ3) is 3.67. The molecule has 3 aromatic rings. The highest BCUT2D eigenvalue weighted by Crippen LogP contribution is 2.34. The Bertz CT molecular complexity index is 1100. The lowest BCUT2D eigenvalue weighted by Crippen LogP contribution is -2.32. The zero-order valence-corrected chi connectivity index (χ0v) is 17.4. The van der Waals surface area contributed by atoms with Crippen LogP contribution in [-0.2, 0) is 16.1 Å². The number of para-hydroxylation sites is 1. The Balaban J connectivity index is 1.69. The van der Waals surface area contributed by atoms with Crippen LogP contribution in [0, 0.1) is 0 Å². The monoisotopic (exact) mass is 420 g/mol. The average molecular weight is 420 g/mol. The SMILES string of the molecule is COc1ccc(NC2=C(c3cccs3)C(=O)N(Cc3ccccc3OC)C2=O)cc1. The normalized spacial score (nSPS) is 13.7. The third-order valence-electron chi connectivity index (χ3n) is 4.82. The van der Waals surface area contributed by atoms with E-state index in [0.29, 0.717) is 22.8 Å². The molecule has 2 heterocycles. The van der Waals surface area contributed by atoms with Gasteiger partial charge < -0.3 is 14.8 Å². The van der Waals surface area contributed by atoms with Gasteiger partial charge in [-0.25, -0.2) is 0 Å². The lowest BCUT2D eigenvalue weighted by atomic mass is 10.1. The van der Waals surface area contributed by atoms with Crippen LogP contribution in [0.5, 0.6) is 11.5 Å². The van der Waals surface area contributed by atoms with Gasteiger partial charge >= 0.3 is 0 Å². The maximum atomic E-state index is 13.3. The lowest BCUT2D eigenvalue weighted by Gasteiger charge is -2.17. The van der Waals surface area contributed by atoms with Gasteiger partial charge in [0, 0.05) is 16.1 Å². The number of methoxy groups -OCH3 is 2. The molecule has 0 radical (unpaired) electrons. The molecule has 0 unspecified atom stereocenters. The molecule has 0 fully saturated rings. The third-order valence-corrected chi connectivity index (χ3v) is 5.70. The molecule has 30 heavy (non-hydrogen) atoms. The van der Waals surface area contributed by atoms with E-state index in [0.717, 1.165) is 10.4 Å². The molecule has 1 aliphatic heterocycles. The number of rotatable bonds is 7. The lowest BCUT2D eigenvalue weighted by molar-refractivity contribution is -0.137. The number of anilines is 1. The van der Waals surface area contributed by atoms with Crippen molar-refractivity contribution in [2.75, 3.05) is 19.5 Å². The zero-order valence-electron chi connectivity index (χ0n) is 16.5. The van der Waals surface area contributed by atoms with Gasteiger partial charge in [0.25, 0.3) is 11.8 Å². The molecule has 0 atom stereocenters. The van der Waals surface area contributed by atoms with Crippen LogP contribution in [0.1, 0.15) is 10.4 Å². The summed E-state index contributed by atoms with van der Waals surface area (Å²) in [7, 11) is 3.16. The van der Waals surface area contributed by atoms with Gasteiger partial charge in [-0.3, -0.25) is 14.5 Å². The minimum absolute atomic E-state index is 0.129. The first-order valence-corrected chi connectivity index (χ1v) is 10.2. The Morgan fingerprint density at radius 2 is 1.67 bits per heavy atom. The van der Waals surface area contributed by atoms with Crippen LogP contribution in [0.4, 0.5) is 5.69 Å². The van der Waals surface area contributed by atoms with Crippen LogP contribution in [0.2, 0.25) is 0 Å². The fraction of sp³-hybridized carbons (Fsp3) is 0.130. The van der Waals surface area contributed by atoms with Gasteiger partial charge in [-0.15, -0.1) is 11.3 Å². The summed E-state index contributed by atoms with van der Waals surface area (Å²) in [6.45, 7) is 0.129. The summed E-state index contributed by atoms with van der Waals surface area (Å²) in [5.74, 6) is 0.640. The number of benzene rings is 2. The predicted molar refractivity (Wildman–Crippen MR) is 116 cm³/mol. The predicted octanol–water partition coefficient (Wildman–Crippen LogP) is 4.16. The first-order valence-electron chi connectivity index (χ1n) is 9.29. The van der Waals surface area contributed by atoms with Crippen LogP contribution < -0.4 is 14.8 Å². The zero-order chi connectivity index (χ0) is 21.1. The first-order chi connectivity index (χ1) is 14.6. The summed E-state index contributed by atoms with van der Waals surface area (Å²) in [6.07, 6.45) is 0. The highest BCUT2D eigenvalue weighted by molar-refractivity contribution is 7.11. The van der Waals surface area contributed by atoms with Gasteiger partial charge in [0.15, 0.2) is 0 Å². The molecule has 2 amide bonds. The highest BCUT2D eigenvalue weighted by atomic mass is 32.1. The number of carbonyl (C=O) groups is 2. The number of amides is 2. The second kappa shape index (κ2) is 8.42. The van der Waals surface area contributed by atoms with Gasteiger partial charge in [0.05, 0.1) is 26.3 Å². The van der Waals surface area contributed by atoms with Gasteiger partial charge in [0.1, 0.15) is 17.2 Å². The van der Waals surface area contributed by atoms with Gasteiger partial charge in [-0.2, -0.15) is 0 Å². The van der Waals surface area contributed by atoms with Gasteiger partial charge in [0.2, 0.25) is 0 Å². The second-order valence-corrected chi connectivity index (χ2v) is 7.54. The molecular formula is C23H20N2O4S. The van der Waals surface area contributed by atoms with E-state index < -0.39 is 0 Å². The summed E-state index contributed by atoms with van der Waals surface area (Å²) in [6, 6.07) is 18.3. The molecule has 0 saturated carbocycles. The van der Waals surface area contributed by atoms with E-state index in [1.807, 2.05) is 41.8 Å². The van der Waals surface area contributed by atoms with Crippen molar-refractivity contribution in [1.82, 2.24) is 4.90 Å². The Morgan fingerprint density at radius 1 is 0.900 bits per heavy atom. The minimum atomic E-state index is -0.370. The van der Waals surface area contributed by atoms with Crippen molar-refractivity contribution in [2.24, 2.45) is 0 Å². The molecule has 1 aromatic heterocycles. The Labute approximate surface area is 178 Å². The van der Waals surface area contributed by atoms with E-state index in [1.165, 1.54) is 16.2 Å². The summed E-state index contributed by atoms with van der Waals surface area (Å²) in [4.78, 5) is 28.5. The molecule has 2 aromatic carbocycles. The molecule has 152 valence electrons. The van der Waals surface area contributed by atoms with Crippen LogP contribution in [0.25, 0.3) is 5.57 Å². The molecule has 1 aliphatic rings. The van der Waals surface area contributed by atoms with Crippen LogP contribution in [-0.4, -0.2) is 30.9 Å². The number of ether oxygens (including phenoxy) is 2. The van der Waals surface area contributed by atoms with Crippen molar-refractivity contribution in [3.63, 3.8) is 0 Å². The van der Waals surface area contributed by atoms with Crippen molar-refractivity contribution >= 4 is 34.4 Å². The number of nitrogens with one attached hydrogen (secondary N) is 1. The highest BCUT2D eigenvalue weighted by Gasteiger charge is 2.40. The summed E-state index contributed by atoms with van der Waals surface area (Å²) >= 11 is 1.42. The van der Waals surface area contributed by atoms with E-state index in [1.54, 1.807) is 38.5 Å². The van der Waals surface area contributed by atoms with E-state index in [-0.39, 0.29) is 24.1 Å². The van der Waals surface area contributed by atoms with Gasteiger partial charge in [-0.05, 0) is 41.8 Å². The summed E-state index contributed by atoms with van der Waals surface area (Å²) in [5.41, 5.74) is 2.10. The standard InChI is InChI=1S/C23H20N2O4S/c1-28-17-11-9-16(10-12-17)24-21-20(19-8-5-13-30-19)22(26)25(23(21)27)14-15-6-3-4-7-18(15)29-2/h3-13,24H,14H2,1-2H3. The Hall–Kier alpha value is -3.58. The molecule has 0 spiro atoms. The smallest absolute Gasteiger partial charge is 0.278 e. The molecule has 4 rings (SSSR count). The molecular weight excluding hydrogens is 400 g/mol. The Morgan fingerprint density at radius 3 is 2.33 bits per heavy atom. The van der Waals surface area contributed by atoms with Crippen molar-refractivity contribution in [2.45, 2.75) is 6.54 Å². The molecule has 0 bridgehead atoms. The molecule has 6 nitrogen and oxygen atoms in total. The molecule has 7 heteroatoms.